The quantitative estimate of drug-likeness (QED) is 0.378. The molecule has 1 aromatic carbocycles. The molecule has 1 aliphatic carbocycles. The molecule has 0 saturated heterocycles. The van der Waals surface area contributed by atoms with Gasteiger partial charge in [-0.05, 0) is 31.0 Å². The number of hydrogen-bond donors (Lipinski definition) is 4. The van der Waals surface area contributed by atoms with E-state index in [0.29, 0.717) is 11.6 Å². The van der Waals surface area contributed by atoms with Gasteiger partial charge in [-0.15, -0.1) is 0 Å². The van der Waals surface area contributed by atoms with Crippen LogP contribution in [0.3, 0.4) is 0 Å². The number of nitriles is 1. The van der Waals surface area contributed by atoms with Crippen molar-refractivity contribution < 1.29 is 24.2 Å². The molecule has 2 aromatic rings. The van der Waals surface area contributed by atoms with Crippen LogP contribution in [0.5, 0.6) is 11.5 Å². The minimum Gasteiger partial charge on any atom is -0.465 e. The van der Waals surface area contributed by atoms with Gasteiger partial charge in [-0.25, -0.2) is 9.78 Å². The van der Waals surface area contributed by atoms with Crippen molar-refractivity contribution in [3.8, 4) is 17.6 Å². The third-order valence-corrected chi connectivity index (χ3v) is 5.41. The second kappa shape index (κ2) is 7.99. The number of anilines is 2. The van der Waals surface area contributed by atoms with Crippen molar-refractivity contribution in [2.75, 3.05) is 10.7 Å². The zero-order valence-electron chi connectivity index (χ0n) is 15.9. The van der Waals surface area contributed by atoms with Crippen molar-refractivity contribution in [1.82, 2.24) is 10.3 Å². The van der Waals surface area contributed by atoms with Crippen molar-refractivity contribution in [2.45, 2.75) is 18.3 Å². The zero-order valence-corrected chi connectivity index (χ0v) is 17.4. The maximum absolute atomic E-state index is 12.1. The number of halogens is 2. The Morgan fingerprint density at radius 3 is 2.56 bits per heavy atom. The fraction of sp³-hybridized carbons (Fsp3) is 0.158. The number of aromatic nitrogens is 1. The smallest absolute Gasteiger partial charge is 0.411 e. The predicted octanol–water partition coefficient (Wildman–Crippen LogP) is 3.25. The number of rotatable bonds is 5. The van der Waals surface area contributed by atoms with Gasteiger partial charge in [0.2, 0.25) is 11.6 Å². The molecular weight excluding hydrogens is 463 g/mol. The average Bonchev–Trinajstić information content (AvgIpc) is 3.48. The third-order valence-electron chi connectivity index (χ3n) is 4.85. The lowest BCUT2D eigenvalue weighted by Gasteiger charge is -2.12. The van der Waals surface area contributed by atoms with E-state index >= 15 is 0 Å². The number of carboxylic acid groups (broad SMARTS) is 1. The molecular formula is C19H12Cl2N6O5. The summed E-state index contributed by atoms with van der Waals surface area (Å²) < 4.78 is 5.79. The molecule has 1 saturated carbocycles. The topological polar surface area (TPSA) is 166 Å². The molecule has 0 radical (unpaired) electrons. The number of hydrogen-bond acceptors (Lipinski definition) is 8. The lowest BCUT2D eigenvalue weighted by atomic mass is 10.00. The van der Waals surface area contributed by atoms with Crippen LogP contribution in [0.15, 0.2) is 29.5 Å². The summed E-state index contributed by atoms with van der Waals surface area (Å²) in [5.74, 6) is -0.301. The monoisotopic (exact) mass is 474 g/mol. The summed E-state index contributed by atoms with van der Waals surface area (Å²) in [6, 6.07) is 5.95. The Bertz CT molecular complexity index is 1230. The normalized spacial score (nSPS) is 15.4. The van der Waals surface area contributed by atoms with Gasteiger partial charge in [0.15, 0.2) is 5.75 Å². The molecule has 32 heavy (non-hydrogen) atoms. The highest BCUT2D eigenvalue weighted by molar-refractivity contribution is 6.46. The molecule has 2 aliphatic rings. The second-order valence-electron chi connectivity index (χ2n) is 6.92. The first-order chi connectivity index (χ1) is 15.2. The van der Waals surface area contributed by atoms with Gasteiger partial charge in [0.05, 0.1) is 27.3 Å². The number of nitrogens with one attached hydrogen (secondary N) is 3. The van der Waals surface area contributed by atoms with E-state index in [4.69, 9.17) is 38.3 Å². The number of nitrogens with zero attached hydrogens (tertiary/aromatic N) is 3. The van der Waals surface area contributed by atoms with Crippen molar-refractivity contribution in [3.05, 3.63) is 40.0 Å². The van der Waals surface area contributed by atoms with Crippen molar-refractivity contribution in [3.63, 3.8) is 0 Å². The highest BCUT2D eigenvalue weighted by Crippen LogP contribution is 2.55. The van der Waals surface area contributed by atoms with E-state index in [1.165, 1.54) is 29.7 Å². The number of fused-ring (bicyclic) bond motifs is 2. The minimum atomic E-state index is -1.63. The molecule has 1 aromatic heterocycles. The van der Waals surface area contributed by atoms with Crippen LogP contribution in [0.2, 0.25) is 10.0 Å². The van der Waals surface area contributed by atoms with Gasteiger partial charge in [-0.2, -0.15) is 10.4 Å². The number of carbonyl (C=O) groups is 3. The summed E-state index contributed by atoms with van der Waals surface area (Å²) in [7, 11) is 0. The maximum atomic E-state index is 12.1. The number of hydrazone groups is 1. The van der Waals surface area contributed by atoms with Gasteiger partial charge in [0.25, 0.3) is 5.91 Å². The summed E-state index contributed by atoms with van der Waals surface area (Å²) in [6.45, 7) is 0. The number of amides is 3. The van der Waals surface area contributed by atoms with Gasteiger partial charge in [-0.3, -0.25) is 20.3 Å². The van der Waals surface area contributed by atoms with Crippen LogP contribution in [0.4, 0.5) is 16.3 Å². The molecule has 0 bridgehead atoms. The summed E-state index contributed by atoms with van der Waals surface area (Å²) >= 11 is 12.5. The van der Waals surface area contributed by atoms with Crippen LogP contribution >= 0.6 is 23.2 Å². The molecule has 3 amide bonds. The van der Waals surface area contributed by atoms with Crippen molar-refractivity contribution >= 4 is 58.3 Å². The van der Waals surface area contributed by atoms with Crippen LogP contribution in [-0.4, -0.2) is 33.7 Å². The highest BCUT2D eigenvalue weighted by atomic mass is 35.5. The Hall–Kier alpha value is -3.88. The van der Waals surface area contributed by atoms with Crippen LogP contribution in [0.1, 0.15) is 18.4 Å². The lowest BCUT2D eigenvalue weighted by molar-refractivity contribution is -0.118. The van der Waals surface area contributed by atoms with Crippen LogP contribution in [-0.2, 0) is 15.0 Å². The lowest BCUT2D eigenvalue weighted by Crippen LogP contribution is -2.34. The average molecular weight is 475 g/mol. The molecule has 1 aliphatic heterocycles. The first-order valence-electron chi connectivity index (χ1n) is 9.00. The van der Waals surface area contributed by atoms with E-state index in [9.17, 15) is 14.4 Å². The second-order valence-corrected chi connectivity index (χ2v) is 7.73. The Kier molecular flexibility index (Phi) is 5.33. The van der Waals surface area contributed by atoms with Gasteiger partial charge in [-0.1, -0.05) is 23.2 Å². The van der Waals surface area contributed by atoms with Gasteiger partial charge >= 0.3 is 6.09 Å². The molecule has 11 nitrogen and oxygen atoms in total. The van der Waals surface area contributed by atoms with E-state index < -0.39 is 23.1 Å². The van der Waals surface area contributed by atoms with Crippen molar-refractivity contribution in [1.29, 1.82) is 5.26 Å². The fourth-order valence-corrected chi connectivity index (χ4v) is 3.74. The number of benzene rings is 1. The van der Waals surface area contributed by atoms with E-state index in [0.717, 1.165) is 18.4 Å². The fourth-order valence-electron chi connectivity index (χ4n) is 3.18. The molecule has 0 unspecified atom stereocenters. The number of pyridine rings is 1. The van der Waals surface area contributed by atoms with Crippen molar-refractivity contribution in [2.24, 2.45) is 5.10 Å². The number of imide groups is 1. The number of ether oxygens (including phenoxy) is 1. The molecule has 1 spiro atoms. The molecule has 162 valence electrons. The predicted molar refractivity (Wildman–Crippen MR) is 113 cm³/mol. The summed E-state index contributed by atoms with van der Waals surface area (Å²) in [5.41, 5.74) is 2.13. The van der Waals surface area contributed by atoms with Crippen LogP contribution in [0.25, 0.3) is 0 Å². The molecule has 2 heterocycles. The zero-order chi connectivity index (χ0) is 23.0. The summed E-state index contributed by atoms with van der Waals surface area (Å²) in [4.78, 5) is 38.4. The van der Waals surface area contributed by atoms with E-state index in [1.807, 2.05) is 0 Å². The van der Waals surface area contributed by atoms with Gasteiger partial charge in [0, 0.05) is 5.56 Å². The first kappa shape index (κ1) is 21.4. The molecule has 13 heteroatoms. The highest BCUT2D eigenvalue weighted by Gasteiger charge is 2.57. The molecule has 4 rings (SSSR count). The SMILES string of the molecule is N#CC(=NNc1cc(Cl)c(Oc2cnc3c(c2)C2(CC2)C(=O)N3)c(Cl)c1)C(=O)NC(=O)O. The Balaban J connectivity index is 1.53. The standard InChI is InChI=1S/C19H12Cl2N6O5/c20-11-3-8(26-27-13(6-22)16(28)25-18(30)31)4-12(21)14(11)32-9-5-10-15(23-7-9)24-17(29)19(10)1-2-19/h3-5,7,26H,1-2H2,(H,25,28)(H,30,31)(H,23,24,29). The largest absolute Gasteiger partial charge is 0.465 e. The van der Waals surface area contributed by atoms with E-state index in [-0.39, 0.29) is 27.4 Å². The maximum Gasteiger partial charge on any atom is 0.411 e. The van der Waals surface area contributed by atoms with E-state index in [1.54, 1.807) is 6.07 Å². The third kappa shape index (κ3) is 3.89. The Morgan fingerprint density at radius 2 is 1.97 bits per heavy atom. The van der Waals surface area contributed by atoms with Gasteiger partial charge < -0.3 is 15.2 Å². The Labute approximate surface area is 190 Å². The molecule has 4 N–H and O–H groups in total. The Morgan fingerprint density at radius 1 is 1.28 bits per heavy atom. The minimum absolute atomic E-state index is 0.0713. The summed E-state index contributed by atoms with van der Waals surface area (Å²) in [5, 5.41) is 25.5. The van der Waals surface area contributed by atoms with E-state index in [2.05, 4.69) is 20.8 Å². The molecule has 0 atom stereocenters. The first-order valence-corrected chi connectivity index (χ1v) is 9.76. The van der Waals surface area contributed by atoms with Crippen LogP contribution in [0, 0.1) is 11.3 Å². The van der Waals surface area contributed by atoms with Gasteiger partial charge in [0.1, 0.15) is 17.6 Å². The number of carbonyl (C=O) groups excluding carboxylic acids is 2. The van der Waals surface area contributed by atoms with Crippen LogP contribution < -0.4 is 20.8 Å². The summed E-state index contributed by atoms with van der Waals surface area (Å²) in [6.07, 6.45) is 1.30. The molecule has 1 fully saturated rings.